The standard InChI is InChI=1S/C22H28N2O3/c1-2-9-20(25)23(15-14-17-10-5-3-6-11-17)19-16-21(26)24(22(19)27)18-12-7-4-8-13-18/h4,7-8,10,12-13,19H,2-3,5-6,9,11,14-16H2,1H3. The molecule has 0 bridgehead atoms. The third-order valence-electron chi connectivity index (χ3n) is 5.36. The maximum absolute atomic E-state index is 13.0. The highest BCUT2D eigenvalue weighted by atomic mass is 16.2. The number of para-hydroxylation sites is 1. The van der Waals surface area contributed by atoms with Crippen LogP contribution in [-0.4, -0.2) is 35.2 Å². The van der Waals surface area contributed by atoms with Gasteiger partial charge in [0.15, 0.2) is 0 Å². The molecule has 1 saturated heterocycles. The number of amides is 3. The van der Waals surface area contributed by atoms with Gasteiger partial charge in [-0.2, -0.15) is 0 Å². The number of anilines is 1. The van der Waals surface area contributed by atoms with Gasteiger partial charge in [-0.15, -0.1) is 0 Å². The van der Waals surface area contributed by atoms with Gasteiger partial charge >= 0.3 is 0 Å². The number of benzene rings is 1. The topological polar surface area (TPSA) is 57.7 Å². The average molecular weight is 368 g/mol. The molecule has 2 aliphatic rings. The van der Waals surface area contributed by atoms with E-state index in [-0.39, 0.29) is 24.1 Å². The van der Waals surface area contributed by atoms with Crippen molar-refractivity contribution in [2.24, 2.45) is 0 Å². The summed E-state index contributed by atoms with van der Waals surface area (Å²) in [6, 6.07) is 8.28. The Morgan fingerprint density at radius 2 is 1.96 bits per heavy atom. The number of rotatable bonds is 7. The largest absolute Gasteiger partial charge is 0.330 e. The smallest absolute Gasteiger partial charge is 0.257 e. The molecular weight excluding hydrogens is 340 g/mol. The van der Waals surface area contributed by atoms with E-state index in [4.69, 9.17) is 0 Å². The van der Waals surface area contributed by atoms with Crippen LogP contribution in [0.25, 0.3) is 0 Å². The first-order valence-electron chi connectivity index (χ1n) is 10.0. The van der Waals surface area contributed by atoms with Crippen LogP contribution < -0.4 is 4.90 Å². The molecule has 1 aliphatic carbocycles. The molecule has 0 spiro atoms. The van der Waals surface area contributed by atoms with E-state index in [1.54, 1.807) is 29.2 Å². The SMILES string of the molecule is CCCC(=O)N(CCC1=CCCCC1)C1CC(=O)N(c2ccccc2)C1=O. The minimum Gasteiger partial charge on any atom is -0.330 e. The fraction of sp³-hybridized carbons (Fsp3) is 0.500. The molecule has 3 amide bonds. The predicted octanol–water partition coefficient (Wildman–Crippen LogP) is 3.84. The van der Waals surface area contributed by atoms with E-state index < -0.39 is 6.04 Å². The second-order valence-corrected chi connectivity index (χ2v) is 7.32. The van der Waals surface area contributed by atoms with E-state index in [1.807, 2.05) is 13.0 Å². The number of hydrogen-bond donors (Lipinski definition) is 0. The lowest BCUT2D eigenvalue weighted by atomic mass is 9.97. The summed E-state index contributed by atoms with van der Waals surface area (Å²) in [6.07, 6.45) is 8.86. The highest BCUT2D eigenvalue weighted by molar-refractivity contribution is 6.23. The van der Waals surface area contributed by atoms with Crippen molar-refractivity contribution in [2.45, 2.75) is 64.3 Å². The van der Waals surface area contributed by atoms with E-state index in [9.17, 15) is 14.4 Å². The van der Waals surface area contributed by atoms with E-state index in [0.717, 1.165) is 25.7 Å². The van der Waals surface area contributed by atoms with Crippen LogP contribution in [0.15, 0.2) is 42.0 Å². The van der Waals surface area contributed by atoms with Gasteiger partial charge in [0.05, 0.1) is 12.1 Å². The number of hydrogen-bond acceptors (Lipinski definition) is 3. The number of carbonyl (C=O) groups is 3. The van der Waals surface area contributed by atoms with Crippen molar-refractivity contribution in [1.29, 1.82) is 0 Å². The van der Waals surface area contributed by atoms with Gasteiger partial charge < -0.3 is 4.90 Å². The lowest BCUT2D eigenvalue weighted by Crippen LogP contribution is -2.46. The van der Waals surface area contributed by atoms with Crippen molar-refractivity contribution >= 4 is 23.4 Å². The fourth-order valence-corrected chi connectivity index (χ4v) is 3.92. The lowest BCUT2D eigenvalue weighted by molar-refractivity contribution is -0.138. The molecule has 5 nitrogen and oxygen atoms in total. The normalized spacial score (nSPS) is 20.0. The number of carbonyl (C=O) groups excluding carboxylic acids is 3. The predicted molar refractivity (Wildman–Crippen MR) is 105 cm³/mol. The van der Waals surface area contributed by atoms with Crippen molar-refractivity contribution in [3.63, 3.8) is 0 Å². The zero-order chi connectivity index (χ0) is 19.2. The average Bonchev–Trinajstić information content (AvgIpc) is 2.98. The molecule has 3 rings (SSSR count). The quantitative estimate of drug-likeness (QED) is 0.543. The highest BCUT2D eigenvalue weighted by Gasteiger charge is 2.43. The Labute approximate surface area is 161 Å². The molecular formula is C22H28N2O3. The third kappa shape index (κ3) is 4.46. The third-order valence-corrected chi connectivity index (χ3v) is 5.36. The zero-order valence-corrected chi connectivity index (χ0v) is 16.0. The van der Waals surface area contributed by atoms with Gasteiger partial charge in [0.2, 0.25) is 11.8 Å². The van der Waals surface area contributed by atoms with Crippen molar-refractivity contribution in [3.05, 3.63) is 42.0 Å². The van der Waals surface area contributed by atoms with Crippen LogP contribution in [0.2, 0.25) is 0 Å². The first-order chi connectivity index (χ1) is 13.1. The molecule has 144 valence electrons. The summed E-state index contributed by atoms with van der Waals surface area (Å²) < 4.78 is 0. The fourth-order valence-electron chi connectivity index (χ4n) is 3.92. The van der Waals surface area contributed by atoms with Gasteiger partial charge in [0.25, 0.3) is 5.91 Å². The first-order valence-corrected chi connectivity index (χ1v) is 10.0. The zero-order valence-electron chi connectivity index (χ0n) is 16.0. The van der Waals surface area contributed by atoms with Crippen LogP contribution in [0.4, 0.5) is 5.69 Å². The Bertz CT molecular complexity index is 726. The molecule has 0 aromatic heterocycles. The molecule has 0 radical (unpaired) electrons. The summed E-state index contributed by atoms with van der Waals surface area (Å²) in [4.78, 5) is 41.2. The van der Waals surface area contributed by atoms with E-state index in [0.29, 0.717) is 18.7 Å². The molecule has 1 atom stereocenters. The van der Waals surface area contributed by atoms with Gasteiger partial charge in [-0.3, -0.25) is 14.4 Å². The van der Waals surface area contributed by atoms with E-state index in [1.165, 1.54) is 23.3 Å². The summed E-state index contributed by atoms with van der Waals surface area (Å²) in [5, 5.41) is 0. The van der Waals surface area contributed by atoms with Crippen LogP contribution in [0.5, 0.6) is 0 Å². The van der Waals surface area contributed by atoms with Crippen LogP contribution >= 0.6 is 0 Å². The Morgan fingerprint density at radius 3 is 2.63 bits per heavy atom. The molecule has 27 heavy (non-hydrogen) atoms. The summed E-state index contributed by atoms with van der Waals surface area (Å²) in [7, 11) is 0. The molecule has 1 fully saturated rings. The summed E-state index contributed by atoms with van der Waals surface area (Å²) in [5.74, 6) is -0.550. The minimum atomic E-state index is -0.680. The lowest BCUT2D eigenvalue weighted by Gasteiger charge is -2.28. The minimum absolute atomic E-state index is 0.0324. The maximum Gasteiger partial charge on any atom is 0.257 e. The second-order valence-electron chi connectivity index (χ2n) is 7.32. The van der Waals surface area contributed by atoms with Crippen molar-refractivity contribution in [1.82, 2.24) is 4.90 Å². The number of allylic oxidation sites excluding steroid dienone is 1. The van der Waals surface area contributed by atoms with Crippen LogP contribution in [0.1, 0.15) is 58.3 Å². The Balaban J connectivity index is 1.77. The van der Waals surface area contributed by atoms with Gasteiger partial charge in [0, 0.05) is 13.0 Å². The Hall–Kier alpha value is -2.43. The van der Waals surface area contributed by atoms with Crippen molar-refractivity contribution in [3.8, 4) is 0 Å². The molecule has 1 unspecified atom stereocenters. The first kappa shape index (κ1) is 19.3. The number of imide groups is 1. The molecule has 0 saturated carbocycles. The van der Waals surface area contributed by atoms with Crippen LogP contribution in [0.3, 0.4) is 0 Å². The number of nitrogens with zero attached hydrogens (tertiary/aromatic N) is 2. The maximum atomic E-state index is 13.0. The second kappa shape index (κ2) is 8.98. The van der Waals surface area contributed by atoms with Gasteiger partial charge in [-0.05, 0) is 50.7 Å². The van der Waals surface area contributed by atoms with Gasteiger partial charge in [-0.25, -0.2) is 4.90 Å². The highest BCUT2D eigenvalue weighted by Crippen LogP contribution is 2.27. The van der Waals surface area contributed by atoms with Crippen molar-refractivity contribution in [2.75, 3.05) is 11.4 Å². The summed E-state index contributed by atoms with van der Waals surface area (Å²) in [5.41, 5.74) is 1.94. The molecule has 0 N–H and O–H groups in total. The van der Waals surface area contributed by atoms with Gasteiger partial charge in [0.1, 0.15) is 6.04 Å². The van der Waals surface area contributed by atoms with Crippen LogP contribution in [0, 0.1) is 0 Å². The Morgan fingerprint density at radius 1 is 1.19 bits per heavy atom. The summed E-state index contributed by atoms with van der Waals surface area (Å²) in [6.45, 7) is 2.47. The molecule has 5 heteroatoms. The molecule has 1 aliphatic heterocycles. The molecule has 1 aromatic rings. The molecule has 1 aromatic carbocycles. The van der Waals surface area contributed by atoms with Gasteiger partial charge in [-0.1, -0.05) is 36.8 Å². The van der Waals surface area contributed by atoms with Crippen molar-refractivity contribution < 1.29 is 14.4 Å². The summed E-state index contributed by atoms with van der Waals surface area (Å²) >= 11 is 0. The van der Waals surface area contributed by atoms with Crippen LogP contribution in [-0.2, 0) is 14.4 Å². The van der Waals surface area contributed by atoms with E-state index >= 15 is 0 Å². The van der Waals surface area contributed by atoms with E-state index in [2.05, 4.69) is 6.08 Å². The monoisotopic (exact) mass is 368 g/mol. The molecule has 1 heterocycles. The Kier molecular flexibility index (Phi) is 6.43.